The van der Waals surface area contributed by atoms with E-state index in [1.807, 2.05) is 24.3 Å². The average Bonchev–Trinajstić information content (AvgIpc) is 2.90. The molecule has 2 aliphatic heterocycles. The predicted molar refractivity (Wildman–Crippen MR) is 132 cm³/mol. The van der Waals surface area contributed by atoms with Crippen molar-refractivity contribution in [2.45, 2.75) is 6.54 Å². The molecule has 2 aromatic carbocycles. The van der Waals surface area contributed by atoms with Gasteiger partial charge in [0.05, 0.1) is 37.8 Å². The average molecular weight is 462 g/mol. The number of pyridine rings is 1. The molecule has 0 bridgehead atoms. The van der Waals surface area contributed by atoms with Crippen LogP contribution in [0.25, 0.3) is 10.8 Å². The molecule has 34 heavy (non-hydrogen) atoms. The zero-order valence-electron chi connectivity index (χ0n) is 19.4. The molecule has 0 radical (unpaired) electrons. The van der Waals surface area contributed by atoms with Crippen LogP contribution in [0, 0.1) is 0 Å². The number of morpholine rings is 2. The summed E-state index contributed by atoms with van der Waals surface area (Å²) in [6.45, 7) is 8.50. The lowest BCUT2D eigenvalue weighted by Crippen LogP contribution is -2.38. The molecule has 0 aliphatic carbocycles. The Morgan fingerprint density at radius 3 is 2.44 bits per heavy atom. The van der Waals surface area contributed by atoms with Crippen LogP contribution in [-0.2, 0) is 16.0 Å². The quantitative estimate of drug-likeness (QED) is 0.471. The summed E-state index contributed by atoms with van der Waals surface area (Å²) < 4.78 is 17.0. The van der Waals surface area contributed by atoms with Crippen LogP contribution in [0.5, 0.6) is 5.88 Å². The first-order valence-corrected chi connectivity index (χ1v) is 12.0. The highest BCUT2D eigenvalue weighted by Gasteiger charge is 2.15. The van der Waals surface area contributed by atoms with Crippen LogP contribution < -0.4 is 9.64 Å². The zero-order valence-corrected chi connectivity index (χ0v) is 19.4. The molecule has 0 N–H and O–H groups in total. The number of azo groups is 1. The van der Waals surface area contributed by atoms with Crippen molar-refractivity contribution >= 4 is 22.1 Å². The Labute approximate surface area is 200 Å². The minimum absolute atomic E-state index is 0.394. The van der Waals surface area contributed by atoms with Crippen molar-refractivity contribution in [2.75, 3.05) is 70.7 Å². The van der Waals surface area contributed by atoms with Gasteiger partial charge in [-0.25, -0.2) is 4.98 Å². The number of hydrogen-bond acceptors (Lipinski definition) is 8. The summed E-state index contributed by atoms with van der Waals surface area (Å²) in [5, 5.41) is 11.2. The summed E-state index contributed by atoms with van der Waals surface area (Å²) in [5.74, 6) is 0.633. The van der Waals surface area contributed by atoms with E-state index in [0.29, 0.717) is 19.0 Å². The Kier molecular flexibility index (Phi) is 7.60. The Morgan fingerprint density at radius 1 is 0.853 bits per heavy atom. The summed E-state index contributed by atoms with van der Waals surface area (Å²) in [6, 6.07) is 18.5. The number of aromatic nitrogens is 1. The topological polar surface area (TPSA) is 71.8 Å². The Morgan fingerprint density at radius 2 is 1.62 bits per heavy atom. The summed E-state index contributed by atoms with van der Waals surface area (Å²) >= 11 is 0. The molecule has 2 saturated heterocycles. The number of fused-ring (bicyclic) bond motifs is 1. The SMILES string of the molecule is c1ccc2cc(N=NCc3cc(N4CCOCC4)cc(OCCN4CCOCC4)n3)ccc2c1. The highest BCUT2D eigenvalue weighted by atomic mass is 16.5. The van der Waals surface area contributed by atoms with Gasteiger partial charge < -0.3 is 19.1 Å². The lowest BCUT2D eigenvalue weighted by Gasteiger charge is -2.29. The van der Waals surface area contributed by atoms with E-state index < -0.39 is 0 Å². The predicted octanol–water partition coefficient (Wildman–Crippen LogP) is 4.07. The second-order valence-corrected chi connectivity index (χ2v) is 8.49. The lowest BCUT2D eigenvalue weighted by molar-refractivity contribution is 0.0320. The van der Waals surface area contributed by atoms with Crippen molar-refractivity contribution in [1.29, 1.82) is 0 Å². The van der Waals surface area contributed by atoms with E-state index in [9.17, 15) is 0 Å². The monoisotopic (exact) mass is 461 g/mol. The Hall–Kier alpha value is -3.07. The number of anilines is 1. The molecule has 8 nitrogen and oxygen atoms in total. The number of nitrogens with zero attached hydrogens (tertiary/aromatic N) is 5. The van der Waals surface area contributed by atoms with Gasteiger partial charge >= 0.3 is 0 Å². The van der Waals surface area contributed by atoms with Gasteiger partial charge in [0.1, 0.15) is 13.2 Å². The summed E-state index contributed by atoms with van der Waals surface area (Å²) in [7, 11) is 0. The molecule has 1 aromatic heterocycles. The molecular formula is C26H31N5O3. The number of hydrogen-bond donors (Lipinski definition) is 0. The number of benzene rings is 2. The van der Waals surface area contributed by atoms with Crippen LogP contribution in [0.2, 0.25) is 0 Å². The Balaban J connectivity index is 1.27. The van der Waals surface area contributed by atoms with Crippen LogP contribution in [0.3, 0.4) is 0 Å². The first-order valence-electron chi connectivity index (χ1n) is 12.0. The summed E-state index contributed by atoms with van der Waals surface area (Å²) in [6.07, 6.45) is 0. The molecular weight excluding hydrogens is 430 g/mol. The minimum atomic E-state index is 0.394. The van der Waals surface area contributed by atoms with E-state index in [2.05, 4.69) is 50.4 Å². The van der Waals surface area contributed by atoms with Crippen LogP contribution >= 0.6 is 0 Å². The molecule has 8 heteroatoms. The van der Waals surface area contributed by atoms with Crippen LogP contribution in [-0.4, -0.2) is 75.6 Å². The molecule has 0 spiro atoms. The normalized spacial score (nSPS) is 17.5. The van der Waals surface area contributed by atoms with E-state index in [-0.39, 0.29) is 0 Å². The summed E-state index contributed by atoms with van der Waals surface area (Å²) in [5.41, 5.74) is 2.77. The van der Waals surface area contributed by atoms with Gasteiger partial charge in [-0.3, -0.25) is 4.90 Å². The van der Waals surface area contributed by atoms with Gasteiger partial charge in [-0.1, -0.05) is 30.3 Å². The molecule has 0 saturated carbocycles. The highest BCUT2D eigenvalue weighted by molar-refractivity contribution is 5.85. The van der Waals surface area contributed by atoms with Crippen LogP contribution in [0.1, 0.15) is 5.69 Å². The van der Waals surface area contributed by atoms with Crippen molar-refractivity contribution in [3.8, 4) is 5.88 Å². The van der Waals surface area contributed by atoms with Gasteiger partial charge in [-0.05, 0) is 29.0 Å². The second kappa shape index (κ2) is 11.4. The second-order valence-electron chi connectivity index (χ2n) is 8.49. The standard InChI is InChI=1S/C26H31N5O3/c1-2-4-22-17-23(6-5-21(22)3-1)29-27-20-24-18-25(31-10-14-33-15-11-31)19-26(28-24)34-16-9-30-7-12-32-13-8-30/h1-6,17-19H,7-16,20H2. The first-order chi connectivity index (χ1) is 16.8. The third-order valence-electron chi connectivity index (χ3n) is 6.13. The maximum atomic E-state index is 6.07. The van der Waals surface area contributed by atoms with Gasteiger partial charge in [0, 0.05) is 44.5 Å². The maximum Gasteiger partial charge on any atom is 0.215 e. The highest BCUT2D eigenvalue weighted by Crippen LogP contribution is 2.24. The van der Waals surface area contributed by atoms with Gasteiger partial charge in [0.2, 0.25) is 5.88 Å². The molecule has 3 aromatic rings. The maximum absolute atomic E-state index is 6.07. The molecule has 0 atom stereocenters. The molecule has 5 rings (SSSR count). The fourth-order valence-electron chi connectivity index (χ4n) is 4.24. The van der Waals surface area contributed by atoms with Crippen molar-refractivity contribution in [2.24, 2.45) is 10.2 Å². The number of rotatable bonds is 8. The molecule has 2 aliphatic rings. The van der Waals surface area contributed by atoms with E-state index >= 15 is 0 Å². The fraction of sp³-hybridized carbons (Fsp3) is 0.423. The van der Waals surface area contributed by atoms with Gasteiger partial charge in [-0.2, -0.15) is 10.2 Å². The van der Waals surface area contributed by atoms with Gasteiger partial charge in [-0.15, -0.1) is 0 Å². The van der Waals surface area contributed by atoms with Crippen molar-refractivity contribution in [1.82, 2.24) is 9.88 Å². The lowest BCUT2D eigenvalue weighted by atomic mass is 10.1. The van der Waals surface area contributed by atoms with Crippen LogP contribution in [0.15, 0.2) is 64.8 Å². The van der Waals surface area contributed by atoms with E-state index in [1.165, 1.54) is 5.39 Å². The van der Waals surface area contributed by atoms with Crippen molar-refractivity contribution < 1.29 is 14.2 Å². The van der Waals surface area contributed by atoms with Crippen molar-refractivity contribution in [3.05, 3.63) is 60.3 Å². The molecule has 2 fully saturated rings. The van der Waals surface area contributed by atoms with Crippen molar-refractivity contribution in [3.63, 3.8) is 0 Å². The Bertz CT molecular complexity index is 1110. The van der Waals surface area contributed by atoms with E-state index in [4.69, 9.17) is 19.2 Å². The zero-order chi connectivity index (χ0) is 23.0. The van der Waals surface area contributed by atoms with E-state index in [1.54, 1.807) is 0 Å². The first kappa shape index (κ1) is 22.7. The fourth-order valence-corrected chi connectivity index (χ4v) is 4.24. The molecule has 3 heterocycles. The van der Waals surface area contributed by atoms with Gasteiger partial charge in [0.15, 0.2) is 0 Å². The third kappa shape index (κ3) is 6.08. The minimum Gasteiger partial charge on any atom is -0.476 e. The van der Waals surface area contributed by atoms with E-state index in [0.717, 1.165) is 81.6 Å². The third-order valence-corrected chi connectivity index (χ3v) is 6.13. The molecule has 0 amide bonds. The summed E-state index contributed by atoms with van der Waals surface area (Å²) in [4.78, 5) is 9.38. The van der Waals surface area contributed by atoms with Gasteiger partial charge in [0.25, 0.3) is 0 Å². The smallest absolute Gasteiger partial charge is 0.215 e. The number of ether oxygens (including phenoxy) is 3. The largest absolute Gasteiger partial charge is 0.476 e. The van der Waals surface area contributed by atoms with Crippen LogP contribution in [0.4, 0.5) is 11.4 Å². The molecule has 178 valence electrons. The molecule has 0 unspecified atom stereocenters.